The van der Waals surface area contributed by atoms with E-state index < -0.39 is 18.1 Å². The average Bonchev–Trinajstić information content (AvgIpc) is 2.35. The van der Waals surface area contributed by atoms with E-state index in [2.05, 4.69) is 5.32 Å². The first-order valence-corrected chi connectivity index (χ1v) is 6.36. The van der Waals surface area contributed by atoms with Gasteiger partial charge in [-0.1, -0.05) is 0 Å². The first-order valence-electron chi connectivity index (χ1n) is 6.36. The van der Waals surface area contributed by atoms with Crippen molar-refractivity contribution in [2.24, 2.45) is 17.6 Å². The second-order valence-electron chi connectivity index (χ2n) is 5.07. The minimum Gasteiger partial charge on any atom is -0.481 e. The fraction of sp³-hybridized carbons (Fsp3) is 0.833. The largest absolute Gasteiger partial charge is 0.481 e. The van der Waals surface area contributed by atoms with Crippen LogP contribution in [0.5, 0.6) is 0 Å². The van der Waals surface area contributed by atoms with E-state index in [1.807, 2.05) is 0 Å². The molecule has 0 saturated heterocycles. The molecule has 18 heavy (non-hydrogen) atoms. The molecule has 0 aromatic heterocycles. The summed E-state index contributed by atoms with van der Waals surface area (Å²) in [7, 11) is 0. The van der Waals surface area contributed by atoms with Crippen LogP contribution in [0.3, 0.4) is 0 Å². The maximum atomic E-state index is 11.5. The van der Waals surface area contributed by atoms with Crippen molar-refractivity contribution in [3.05, 3.63) is 0 Å². The molecular weight excluding hydrogens is 236 g/mol. The number of aliphatic hydroxyl groups is 1. The van der Waals surface area contributed by atoms with Crippen LogP contribution in [0.4, 0.5) is 0 Å². The van der Waals surface area contributed by atoms with Crippen molar-refractivity contribution < 1.29 is 19.8 Å². The maximum absolute atomic E-state index is 11.5. The van der Waals surface area contributed by atoms with Gasteiger partial charge in [0.1, 0.15) is 6.04 Å². The minimum atomic E-state index is -0.902. The van der Waals surface area contributed by atoms with Gasteiger partial charge in [-0.25, -0.2) is 0 Å². The molecule has 0 aromatic carbocycles. The van der Waals surface area contributed by atoms with Crippen molar-refractivity contribution in [1.29, 1.82) is 0 Å². The summed E-state index contributed by atoms with van der Waals surface area (Å²) < 4.78 is 0. The first kappa shape index (κ1) is 14.9. The van der Waals surface area contributed by atoms with Crippen LogP contribution in [0.15, 0.2) is 0 Å². The van der Waals surface area contributed by atoms with Crippen LogP contribution >= 0.6 is 0 Å². The molecule has 6 heteroatoms. The van der Waals surface area contributed by atoms with E-state index in [-0.39, 0.29) is 11.8 Å². The zero-order valence-corrected chi connectivity index (χ0v) is 10.6. The number of nitrogens with one attached hydrogen (secondary N) is 1. The second-order valence-corrected chi connectivity index (χ2v) is 5.07. The minimum absolute atomic E-state index is 0.239. The normalized spacial score (nSPS) is 27.3. The van der Waals surface area contributed by atoms with Crippen LogP contribution in [0.2, 0.25) is 0 Å². The molecule has 1 aliphatic carbocycles. The summed E-state index contributed by atoms with van der Waals surface area (Å²) in [4.78, 5) is 22.3. The molecule has 0 heterocycles. The van der Waals surface area contributed by atoms with Gasteiger partial charge in [-0.2, -0.15) is 0 Å². The quantitative estimate of drug-likeness (QED) is 0.541. The van der Waals surface area contributed by atoms with E-state index >= 15 is 0 Å². The third-order valence-corrected chi connectivity index (χ3v) is 3.58. The number of aliphatic carboxylic acids is 1. The van der Waals surface area contributed by atoms with Crippen molar-refractivity contribution in [1.82, 2.24) is 5.32 Å². The van der Waals surface area contributed by atoms with Crippen LogP contribution in [0.1, 0.15) is 32.6 Å². The smallest absolute Gasteiger partial charge is 0.306 e. The van der Waals surface area contributed by atoms with E-state index in [4.69, 9.17) is 10.8 Å². The average molecular weight is 258 g/mol. The van der Waals surface area contributed by atoms with Crippen molar-refractivity contribution in [2.45, 2.75) is 44.8 Å². The standard InChI is InChI=1S/C12H22N2O4/c1-7(15)10(13)11(16)14-6-8-2-4-9(5-3-8)12(17)18/h7-10,15H,2-6,13H2,1H3,(H,14,16)(H,17,18)/t7-,8-,9-,10+/m1/s1. The highest BCUT2D eigenvalue weighted by molar-refractivity contribution is 5.82. The van der Waals surface area contributed by atoms with E-state index in [1.165, 1.54) is 6.92 Å². The van der Waals surface area contributed by atoms with Crippen molar-refractivity contribution in [3.8, 4) is 0 Å². The molecule has 6 nitrogen and oxygen atoms in total. The highest BCUT2D eigenvalue weighted by atomic mass is 16.4. The number of nitrogens with two attached hydrogens (primary N) is 1. The molecule has 0 unspecified atom stereocenters. The van der Waals surface area contributed by atoms with Crippen molar-refractivity contribution in [2.75, 3.05) is 6.54 Å². The van der Waals surface area contributed by atoms with Crippen LogP contribution in [-0.4, -0.2) is 40.8 Å². The van der Waals surface area contributed by atoms with Crippen molar-refractivity contribution >= 4 is 11.9 Å². The van der Waals surface area contributed by atoms with Gasteiger partial charge in [0.15, 0.2) is 0 Å². The lowest BCUT2D eigenvalue weighted by molar-refractivity contribution is -0.143. The van der Waals surface area contributed by atoms with Crippen LogP contribution in [0.25, 0.3) is 0 Å². The van der Waals surface area contributed by atoms with Crippen molar-refractivity contribution in [3.63, 3.8) is 0 Å². The number of carboxylic acids is 1. The maximum Gasteiger partial charge on any atom is 0.306 e. The van der Waals surface area contributed by atoms with Gasteiger partial charge in [-0.05, 0) is 38.5 Å². The Bertz CT molecular complexity index is 298. The van der Waals surface area contributed by atoms with E-state index in [0.29, 0.717) is 25.3 Å². The highest BCUT2D eigenvalue weighted by Crippen LogP contribution is 2.28. The van der Waals surface area contributed by atoms with Crippen LogP contribution in [-0.2, 0) is 9.59 Å². The van der Waals surface area contributed by atoms with Gasteiger partial charge in [-0.15, -0.1) is 0 Å². The molecule has 0 aromatic rings. The molecule has 1 rings (SSSR count). The molecule has 1 aliphatic rings. The lowest BCUT2D eigenvalue weighted by Crippen LogP contribution is -2.48. The summed E-state index contributed by atoms with van der Waals surface area (Å²) in [5.41, 5.74) is 5.50. The zero-order chi connectivity index (χ0) is 13.7. The summed E-state index contributed by atoms with van der Waals surface area (Å²) in [5.74, 6) is -1.01. The second kappa shape index (κ2) is 6.70. The number of carbonyl (C=O) groups excluding carboxylic acids is 1. The van der Waals surface area contributed by atoms with Crippen LogP contribution < -0.4 is 11.1 Å². The van der Waals surface area contributed by atoms with Gasteiger partial charge < -0.3 is 21.3 Å². The molecular formula is C12H22N2O4. The van der Waals surface area contributed by atoms with E-state index in [1.54, 1.807) is 0 Å². The Morgan fingerprint density at radius 3 is 2.33 bits per heavy atom. The summed E-state index contributed by atoms with van der Waals surface area (Å²) in [6.07, 6.45) is 2.08. The monoisotopic (exact) mass is 258 g/mol. The Labute approximate surface area is 107 Å². The fourth-order valence-corrected chi connectivity index (χ4v) is 2.20. The van der Waals surface area contributed by atoms with Crippen LogP contribution in [0, 0.1) is 11.8 Å². The number of carboxylic acid groups (broad SMARTS) is 1. The van der Waals surface area contributed by atoms with Gasteiger partial charge >= 0.3 is 5.97 Å². The summed E-state index contributed by atoms with van der Waals surface area (Å²) in [6.45, 7) is 1.98. The molecule has 1 saturated carbocycles. The molecule has 1 fully saturated rings. The van der Waals surface area contributed by atoms with Gasteiger partial charge in [0.25, 0.3) is 0 Å². The van der Waals surface area contributed by atoms with E-state index in [9.17, 15) is 14.7 Å². The Balaban J connectivity index is 2.26. The molecule has 0 radical (unpaired) electrons. The Morgan fingerprint density at radius 2 is 1.89 bits per heavy atom. The number of aliphatic hydroxyl groups excluding tert-OH is 1. The zero-order valence-electron chi connectivity index (χ0n) is 10.6. The Morgan fingerprint density at radius 1 is 1.33 bits per heavy atom. The molecule has 0 aliphatic heterocycles. The molecule has 2 atom stereocenters. The number of carbonyl (C=O) groups is 2. The Kier molecular flexibility index (Phi) is 5.55. The number of hydrogen-bond donors (Lipinski definition) is 4. The molecule has 1 amide bonds. The Hall–Kier alpha value is -1.14. The highest BCUT2D eigenvalue weighted by Gasteiger charge is 2.26. The van der Waals surface area contributed by atoms with Gasteiger partial charge in [0, 0.05) is 6.54 Å². The van der Waals surface area contributed by atoms with Gasteiger partial charge in [0.2, 0.25) is 5.91 Å². The third-order valence-electron chi connectivity index (χ3n) is 3.58. The number of hydrogen-bond acceptors (Lipinski definition) is 4. The molecule has 0 spiro atoms. The summed E-state index contributed by atoms with van der Waals surface area (Å²) in [6, 6.07) is -0.902. The predicted molar refractivity (Wildman–Crippen MR) is 65.7 cm³/mol. The molecule has 0 bridgehead atoms. The summed E-state index contributed by atoms with van der Waals surface area (Å²) >= 11 is 0. The van der Waals surface area contributed by atoms with E-state index in [0.717, 1.165) is 12.8 Å². The number of rotatable bonds is 5. The number of amides is 1. The predicted octanol–water partition coefficient (Wildman–Crippen LogP) is -0.298. The SMILES string of the molecule is C[C@@H](O)[C@H](N)C(=O)NC[C@H]1CC[C@H](C(=O)O)CC1. The summed E-state index contributed by atoms with van der Waals surface area (Å²) in [5, 5.41) is 20.7. The van der Waals surface area contributed by atoms with Gasteiger partial charge in [-0.3, -0.25) is 9.59 Å². The molecule has 104 valence electrons. The lowest BCUT2D eigenvalue weighted by atomic mass is 9.82. The van der Waals surface area contributed by atoms with Gasteiger partial charge in [0.05, 0.1) is 12.0 Å². The fourth-order valence-electron chi connectivity index (χ4n) is 2.20. The first-order chi connectivity index (χ1) is 8.41. The topological polar surface area (TPSA) is 113 Å². The third kappa shape index (κ3) is 4.27. The lowest BCUT2D eigenvalue weighted by Gasteiger charge is -2.26. The molecule has 5 N–H and O–H groups in total.